The highest BCUT2D eigenvalue weighted by atomic mass is 79.9. The van der Waals surface area contributed by atoms with Gasteiger partial charge in [-0.2, -0.15) is 0 Å². The Bertz CT molecular complexity index is 472. The van der Waals surface area contributed by atoms with Crippen molar-refractivity contribution in [3.05, 3.63) is 22.7 Å². The summed E-state index contributed by atoms with van der Waals surface area (Å²) < 4.78 is 11.2. The zero-order valence-electron chi connectivity index (χ0n) is 13.0. The van der Waals surface area contributed by atoms with Gasteiger partial charge in [-0.15, -0.1) is 0 Å². The Balaban J connectivity index is 2.23. The van der Waals surface area contributed by atoms with Crippen LogP contribution in [0.5, 0.6) is 5.75 Å². The number of alkyl carbamates (subject to hydrolysis) is 1. The van der Waals surface area contributed by atoms with Crippen molar-refractivity contribution in [3.63, 3.8) is 0 Å². The summed E-state index contributed by atoms with van der Waals surface area (Å²) in [5.74, 6) is 0.798. The summed E-state index contributed by atoms with van der Waals surface area (Å²) in [6.45, 7) is 6.86. The van der Waals surface area contributed by atoms with Crippen LogP contribution >= 0.6 is 15.9 Å². The molecule has 2 N–H and O–H groups in total. The van der Waals surface area contributed by atoms with Crippen LogP contribution in [0.3, 0.4) is 0 Å². The van der Waals surface area contributed by atoms with Crippen LogP contribution in [0.25, 0.3) is 0 Å². The lowest BCUT2D eigenvalue weighted by Crippen LogP contribution is -2.33. The van der Waals surface area contributed by atoms with E-state index in [1.165, 1.54) is 0 Å². The minimum absolute atomic E-state index is 0.380. The number of carbonyl (C=O) groups is 1. The number of nitrogens with one attached hydrogen (secondary N) is 2. The Hall–Kier alpha value is -1.43. The molecule has 0 spiro atoms. The molecule has 6 heteroatoms. The molecule has 0 aliphatic rings. The standard InChI is InChI=1S/C15H23BrN2O3/c1-15(2,3)21-14(19)18-9-5-8-17-11-6-7-13(20-4)12(16)10-11/h6-7,10,17H,5,8-9H2,1-4H3,(H,18,19). The van der Waals surface area contributed by atoms with E-state index in [1.54, 1.807) is 7.11 Å². The van der Waals surface area contributed by atoms with E-state index in [0.717, 1.165) is 28.9 Å². The van der Waals surface area contributed by atoms with Crippen molar-refractivity contribution in [1.29, 1.82) is 0 Å². The van der Waals surface area contributed by atoms with Crippen molar-refractivity contribution in [2.24, 2.45) is 0 Å². The predicted molar refractivity (Wildman–Crippen MR) is 88.0 cm³/mol. The van der Waals surface area contributed by atoms with Crippen LogP contribution in [-0.2, 0) is 4.74 Å². The average molecular weight is 359 g/mol. The molecule has 5 nitrogen and oxygen atoms in total. The topological polar surface area (TPSA) is 59.6 Å². The number of rotatable bonds is 6. The molecule has 0 aliphatic heterocycles. The highest BCUT2D eigenvalue weighted by Crippen LogP contribution is 2.27. The van der Waals surface area contributed by atoms with E-state index in [2.05, 4.69) is 26.6 Å². The third-order valence-corrected chi connectivity index (χ3v) is 3.12. The SMILES string of the molecule is COc1ccc(NCCCNC(=O)OC(C)(C)C)cc1Br. The zero-order valence-corrected chi connectivity index (χ0v) is 14.5. The first-order valence-corrected chi connectivity index (χ1v) is 7.65. The number of hydrogen-bond donors (Lipinski definition) is 2. The van der Waals surface area contributed by atoms with Crippen LogP contribution in [0, 0.1) is 0 Å². The lowest BCUT2D eigenvalue weighted by atomic mass is 10.2. The van der Waals surface area contributed by atoms with Crippen LogP contribution in [0.15, 0.2) is 22.7 Å². The Kier molecular flexibility index (Phi) is 6.81. The van der Waals surface area contributed by atoms with Gasteiger partial charge < -0.3 is 20.1 Å². The summed E-state index contributed by atoms with van der Waals surface area (Å²) in [5.41, 5.74) is 0.539. The highest BCUT2D eigenvalue weighted by Gasteiger charge is 2.15. The van der Waals surface area contributed by atoms with E-state index in [4.69, 9.17) is 9.47 Å². The van der Waals surface area contributed by atoms with E-state index in [-0.39, 0.29) is 6.09 Å². The molecule has 0 radical (unpaired) electrons. The van der Waals surface area contributed by atoms with Gasteiger partial charge in [0, 0.05) is 18.8 Å². The van der Waals surface area contributed by atoms with Crippen LogP contribution in [0.1, 0.15) is 27.2 Å². The minimum Gasteiger partial charge on any atom is -0.496 e. The van der Waals surface area contributed by atoms with E-state index in [9.17, 15) is 4.79 Å². The Labute approximate surface area is 134 Å². The predicted octanol–water partition coefficient (Wildman–Crippen LogP) is 3.78. The molecule has 0 saturated carbocycles. The molecule has 0 unspecified atom stereocenters. The average Bonchev–Trinajstić information content (AvgIpc) is 2.36. The fourth-order valence-electron chi connectivity index (χ4n) is 1.60. The van der Waals surface area contributed by atoms with Crippen molar-refractivity contribution in [3.8, 4) is 5.75 Å². The highest BCUT2D eigenvalue weighted by molar-refractivity contribution is 9.10. The van der Waals surface area contributed by atoms with Crippen molar-refractivity contribution in [1.82, 2.24) is 5.32 Å². The quantitative estimate of drug-likeness (QED) is 0.759. The molecule has 1 aromatic rings. The third kappa shape index (κ3) is 7.22. The number of amides is 1. The van der Waals surface area contributed by atoms with Crippen LogP contribution < -0.4 is 15.4 Å². The number of hydrogen-bond acceptors (Lipinski definition) is 4. The number of carbonyl (C=O) groups excluding carboxylic acids is 1. The second-order valence-electron chi connectivity index (χ2n) is 5.56. The van der Waals surface area contributed by atoms with Crippen LogP contribution in [0.4, 0.5) is 10.5 Å². The second-order valence-corrected chi connectivity index (χ2v) is 6.41. The maximum Gasteiger partial charge on any atom is 0.407 e. The Morgan fingerprint density at radius 1 is 1.29 bits per heavy atom. The molecule has 0 aliphatic carbocycles. The fourth-order valence-corrected chi connectivity index (χ4v) is 2.14. The van der Waals surface area contributed by atoms with Gasteiger partial charge in [0.25, 0.3) is 0 Å². The molecule has 1 aromatic carbocycles. The summed E-state index contributed by atoms with van der Waals surface area (Å²) in [6, 6.07) is 5.80. The number of methoxy groups -OCH3 is 1. The van der Waals surface area contributed by atoms with Gasteiger partial charge in [-0.05, 0) is 61.3 Å². The van der Waals surface area contributed by atoms with Crippen molar-refractivity contribution >= 4 is 27.7 Å². The normalized spacial score (nSPS) is 10.9. The van der Waals surface area contributed by atoms with Gasteiger partial charge in [0.1, 0.15) is 11.4 Å². The molecular formula is C15H23BrN2O3. The molecule has 0 heterocycles. The van der Waals surface area contributed by atoms with Gasteiger partial charge in [-0.25, -0.2) is 4.79 Å². The maximum atomic E-state index is 11.4. The number of halogens is 1. The zero-order chi connectivity index (χ0) is 15.9. The first kappa shape index (κ1) is 17.6. The largest absolute Gasteiger partial charge is 0.496 e. The van der Waals surface area contributed by atoms with Gasteiger partial charge in [0.2, 0.25) is 0 Å². The molecule has 21 heavy (non-hydrogen) atoms. The van der Waals surface area contributed by atoms with Crippen LogP contribution in [0.2, 0.25) is 0 Å². The summed E-state index contributed by atoms with van der Waals surface area (Å²) >= 11 is 3.44. The Morgan fingerprint density at radius 3 is 2.57 bits per heavy atom. The molecule has 0 saturated heterocycles. The molecule has 1 amide bonds. The third-order valence-electron chi connectivity index (χ3n) is 2.50. The molecule has 0 bridgehead atoms. The fraction of sp³-hybridized carbons (Fsp3) is 0.533. The minimum atomic E-state index is -0.461. The molecule has 1 rings (SSSR count). The lowest BCUT2D eigenvalue weighted by molar-refractivity contribution is 0.0528. The van der Waals surface area contributed by atoms with Gasteiger partial charge >= 0.3 is 6.09 Å². The summed E-state index contributed by atoms with van der Waals surface area (Å²) in [7, 11) is 1.63. The molecular weight excluding hydrogens is 336 g/mol. The van der Waals surface area contributed by atoms with Gasteiger partial charge in [0.15, 0.2) is 0 Å². The smallest absolute Gasteiger partial charge is 0.407 e. The molecule has 118 valence electrons. The first-order chi connectivity index (χ1) is 9.81. The molecule has 0 fully saturated rings. The lowest BCUT2D eigenvalue weighted by Gasteiger charge is -2.19. The summed E-state index contributed by atoms with van der Waals surface area (Å²) in [4.78, 5) is 11.4. The van der Waals surface area contributed by atoms with Gasteiger partial charge in [-0.1, -0.05) is 0 Å². The molecule has 0 atom stereocenters. The first-order valence-electron chi connectivity index (χ1n) is 6.86. The van der Waals surface area contributed by atoms with Gasteiger partial charge in [-0.3, -0.25) is 0 Å². The molecule has 0 aromatic heterocycles. The van der Waals surface area contributed by atoms with Gasteiger partial charge in [0.05, 0.1) is 11.6 Å². The van der Waals surface area contributed by atoms with E-state index in [1.807, 2.05) is 39.0 Å². The number of benzene rings is 1. The summed E-state index contributed by atoms with van der Waals surface area (Å²) in [6.07, 6.45) is 0.429. The number of anilines is 1. The van der Waals surface area contributed by atoms with Crippen molar-refractivity contribution in [2.75, 3.05) is 25.5 Å². The second kappa shape index (κ2) is 8.12. The summed E-state index contributed by atoms with van der Waals surface area (Å²) in [5, 5.41) is 6.01. The van der Waals surface area contributed by atoms with Crippen LogP contribution in [-0.4, -0.2) is 31.9 Å². The van der Waals surface area contributed by atoms with E-state index >= 15 is 0 Å². The maximum absolute atomic E-state index is 11.4. The van der Waals surface area contributed by atoms with E-state index in [0.29, 0.717) is 6.54 Å². The Morgan fingerprint density at radius 2 is 2.00 bits per heavy atom. The number of ether oxygens (including phenoxy) is 2. The monoisotopic (exact) mass is 358 g/mol. The van der Waals surface area contributed by atoms with E-state index < -0.39 is 5.60 Å². The van der Waals surface area contributed by atoms with Crippen molar-refractivity contribution in [2.45, 2.75) is 32.8 Å². The van der Waals surface area contributed by atoms with Crippen molar-refractivity contribution < 1.29 is 14.3 Å².